The summed E-state index contributed by atoms with van der Waals surface area (Å²) in [6.07, 6.45) is 5.99. The molecule has 0 bridgehead atoms. The average molecular weight is 314 g/mol. The van der Waals surface area contributed by atoms with E-state index in [-0.39, 0.29) is 0 Å². The molecule has 0 fully saturated rings. The van der Waals surface area contributed by atoms with Crippen LogP contribution in [0.4, 0.5) is 0 Å². The van der Waals surface area contributed by atoms with Gasteiger partial charge in [-0.1, -0.05) is 29.3 Å². The maximum Gasteiger partial charge on any atom is 0.122 e. The predicted octanol–water partition coefficient (Wildman–Crippen LogP) is 4.17. The zero-order chi connectivity index (χ0) is 13.4. The number of methoxy groups -OCH3 is 1. The van der Waals surface area contributed by atoms with Crippen LogP contribution < -0.4 is 10.1 Å². The van der Waals surface area contributed by atoms with Crippen molar-refractivity contribution >= 4 is 15.9 Å². The molecule has 1 N–H and O–H groups in total. The van der Waals surface area contributed by atoms with Gasteiger partial charge in [-0.05, 0) is 56.5 Å². The molecular weight excluding hydrogens is 290 g/mol. The molecule has 0 heterocycles. The van der Waals surface area contributed by atoms with Crippen molar-refractivity contribution < 1.29 is 4.74 Å². The Labute approximate surface area is 119 Å². The Bertz CT molecular complexity index is 354. The molecule has 1 aromatic carbocycles. The van der Waals surface area contributed by atoms with E-state index in [4.69, 9.17) is 4.74 Å². The van der Waals surface area contributed by atoms with E-state index in [1.807, 2.05) is 12.1 Å². The van der Waals surface area contributed by atoms with Crippen LogP contribution in [0.3, 0.4) is 0 Å². The highest BCUT2D eigenvalue weighted by Crippen LogP contribution is 2.24. The van der Waals surface area contributed by atoms with Crippen LogP contribution in [-0.2, 0) is 6.42 Å². The van der Waals surface area contributed by atoms with Crippen LogP contribution in [0.15, 0.2) is 22.7 Å². The van der Waals surface area contributed by atoms with Crippen LogP contribution in [-0.4, -0.2) is 20.2 Å². The molecular formula is C15H24BrNO. The lowest BCUT2D eigenvalue weighted by Gasteiger charge is -2.15. The quantitative estimate of drug-likeness (QED) is 0.777. The van der Waals surface area contributed by atoms with Gasteiger partial charge in [0.25, 0.3) is 0 Å². The van der Waals surface area contributed by atoms with Crippen molar-refractivity contribution in [1.29, 1.82) is 0 Å². The van der Waals surface area contributed by atoms with E-state index in [0.717, 1.165) is 16.6 Å². The molecule has 2 nitrogen and oxygen atoms in total. The summed E-state index contributed by atoms with van der Waals surface area (Å²) < 4.78 is 6.52. The molecule has 1 unspecified atom stereocenters. The second-order valence-electron chi connectivity index (χ2n) is 4.62. The SMILES string of the molecule is CCCC(CCCc1cc(Br)ccc1OC)NC. The summed E-state index contributed by atoms with van der Waals surface area (Å²) in [6, 6.07) is 6.86. The molecule has 0 spiro atoms. The van der Waals surface area contributed by atoms with Crippen molar-refractivity contribution in [3.63, 3.8) is 0 Å². The number of hydrogen-bond acceptors (Lipinski definition) is 2. The van der Waals surface area contributed by atoms with Gasteiger partial charge >= 0.3 is 0 Å². The summed E-state index contributed by atoms with van der Waals surface area (Å²) in [4.78, 5) is 0. The molecule has 0 saturated heterocycles. The summed E-state index contributed by atoms with van der Waals surface area (Å²) in [5.74, 6) is 0.995. The van der Waals surface area contributed by atoms with Gasteiger partial charge in [0.15, 0.2) is 0 Å². The normalized spacial score (nSPS) is 12.4. The van der Waals surface area contributed by atoms with Crippen LogP contribution in [0.25, 0.3) is 0 Å². The Balaban J connectivity index is 2.49. The lowest BCUT2D eigenvalue weighted by molar-refractivity contribution is 0.407. The molecule has 102 valence electrons. The Hall–Kier alpha value is -0.540. The minimum absolute atomic E-state index is 0.646. The number of benzene rings is 1. The molecule has 0 amide bonds. The second kappa shape index (κ2) is 8.54. The van der Waals surface area contributed by atoms with Gasteiger partial charge in [-0.25, -0.2) is 0 Å². The summed E-state index contributed by atoms with van der Waals surface area (Å²) in [5, 5.41) is 3.39. The summed E-state index contributed by atoms with van der Waals surface area (Å²) in [7, 11) is 3.79. The molecule has 0 aliphatic carbocycles. The van der Waals surface area contributed by atoms with Gasteiger partial charge in [-0.15, -0.1) is 0 Å². The van der Waals surface area contributed by atoms with E-state index in [1.54, 1.807) is 7.11 Å². The number of rotatable bonds is 8. The minimum Gasteiger partial charge on any atom is -0.496 e. The first-order valence-electron chi connectivity index (χ1n) is 6.71. The molecule has 0 aliphatic heterocycles. The molecule has 3 heteroatoms. The van der Waals surface area contributed by atoms with Crippen LogP contribution >= 0.6 is 15.9 Å². The van der Waals surface area contributed by atoms with E-state index in [2.05, 4.69) is 41.3 Å². The summed E-state index contributed by atoms with van der Waals surface area (Å²) >= 11 is 3.52. The molecule has 0 radical (unpaired) electrons. The van der Waals surface area contributed by atoms with E-state index in [0.29, 0.717) is 6.04 Å². The van der Waals surface area contributed by atoms with Crippen LogP contribution in [0.5, 0.6) is 5.75 Å². The Morgan fingerprint density at radius 1 is 1.33 bits per heavy atom. The van der Waals surface area contributed by atoms with Crippen molar-refractivity contribution in [3.8, 4) is 5.75 Å². The number of ether oxygens (including phenoxy) is 1. The fraction of sp³-hybridized carbons (Fsp3) is 0.600. The zero-order valence-corrected chi connectivity index (χ0v) is 13.2. The highest BCUT2D eigenvalue weighted by molar-refractivity contribution is 9.10. The smallest absolute Gasteiger partial charge is 0.122 e. The molecule has 0 saturated carbocycles. The van der Waals surface area contributed by atoms with Gasteiger partial charge in [0.1, 0.15) is 5.75 Å². The largest absolute Gasteiger partial charge is 0.496 e. The Morgan fingerprint density at radius 3 is 2.72 bits per heavy atom. The molecule has 1 rings (SSSR count). The third-order valence-corrected chi connectivity index (χ3v) is 3.78. The first kappa shape index (κ1) is 15.5. The third-order valence-electron chi connectivity index (χ3n) is 3.29. The standard InChI is InChI=1S/C15H24BrNO/c1-4-6-14(17-2)8-5-7-12-11-13(16)9-10-15(12)18-3/h9-11,14,17H,4-8H2,1-3H3. The highest BCUT2D eigenvalue weighted by atomic mass is 79.9. The van der Waals surface area contributed by atoms with Crippen LogP contribution in [0.2, 0.25) is 0 Å². The Morgan fingerprint density at radius 2 is 2.11 bits per heavy atom. The first-order valence-corrected chi connectivity index (χ1v) is 7.50. The number of hydrogen-bond donors (Lipinski definition) is 1. The fourth-order valence-electron chi connectivity index (χ4n) is 2.26. The average Bonchev–Trinajstić information content (AvgIpc) is 2.38. The monoisotopic (exact) mass is 313 g/mol. The van der Waals surface area contributed by atoms with Crippen LogP contribution in [0, 0.1) is 0 Å². The molecule has 1 atom stereocenters. The van der Waals surface area contributed by atoms with Crippen LogP contribution in [0.1, 0.15) is 38.2 Å². The van der Waals surface area contributed by atoms with Crippen molar-refractivity contribution in [2.24, 2.45) is 0 Å². The molecule has 0 aliphatic rings. The second-order valence-corrected chi connectivity index (χ2v) is 5.54. The fourth-order valence-corrected chi connectivity index (χ4v) is 2.67. The van der Waals surface area contributed by atoms with Gasteiger partial charge in [-0.3, -0.25) is 0 Å². The maximum absolute atomic E-state index is 5.40. The maximum atomic E-state index is 5.40. The van der Waals surface area contributed by atoms with Gasteiger partial charge in [0.2, 0.25) is 0 Å². The van der Waals surface area contributed by atoms with Crippen molar-refractivity contribution in [1.82, 2.24) is 5.32 Å². The van der Waals surface area contributed by atoms with Gasteiger partial charge in [-0.2, -0.15) is 0 Å². The lowest BCUT2D eigenvalue weighted by atomic mass is 10.0. The molecule has 0 aromatic heterocycles. The van der Waals surface area contributed by atoms with E-state index in [9.17, 15) is 0 Å². The Kier molecular flexibility index (Phi) is 7.36. The van der Waals surface area contributed by atoms with Crippen molar-refractivity contribution in [3.05, 3.63) is 28.2 Å². The topological polar surface area (TPSA) is 21.3 Å². The van der Waals surface area contributed by atoms with Gasteiger partial charge in [0, 0.05) is 10.5 Å². The number of aryl methyl sites for hydroxylation is 1. The lowest BCUT2D eigenvalue weighted by Crippen LogP contribution is -2.24. The third kappa shape index (κ3) is 4.99. The number of halogens is 1. The molecule has 1 aromatic rings. The molecule has 18 heavy (non-hydrogen) atoms. The van der Waals surface area contributed by atoms with Gasteiger partial charge < -0.3 is 10.1 Å². The van der Waals surface area contributed by atoms with Crippen molar-refractivity contribution in [2.45, 2.75) is 45.1 Å². The van der Waals surface area contributed by atoms with E-state index < -0.39 is 0 Å². The minimum atomic E-state index is 0.646. The van der Waals surface area contributed by atoms with Crippen molar-refractivity contribution in [2.75, 3.05) is 14.2 Å². The summed E-state index contributed by atoms with van der Waals surface area (Å²) in [5.41, 5.74) is 1.29. The van der Waals surface area contributed by atoms with E-state index >= 15 is 0 Å². The van der Waals surface area contributed by atoms with Gasteiger partial charge in [0.05, 0.1) is 7.11 Å². The van der Waals surface area contributed by atoms with E-state index in [1.165, 1.54) is 31.2 Å². The first-order chi connectivity index (χ1) is 8.71. The summed E-state index contributed by atoms with van der Waals surface area (Å²) in [6.45, 7) is 2.24. The number of nitrogens with one attached hydrogen (secondary N) is 1. The zero-order valence-electron chi connectivity index (χ0n) is 11.6. The highest BCUT2D eigenvalue weighted by Gasteiger charge is 2.07. The predicted molar refractivity (Wildman–Crippen MR) is 81.4 cm³/mol.